The highest BCUT2D eigenvalue weighted by Crippen LogP contribution is 2.26. The molecule has 2 aromatic rings. The standard InChI is InChI=1S/C23H25ClF2N2O2/c24-14-21(29)28(15-16-6-10-18(25)11-7-16)22(17-8-12-19(26)13-9-17)23(30)27-20-4-2-1-3-5-20/h6-13,20,22H,1-5,14-15H2,(H,27,30)/t22-/m1/s1. The first-order chi connectivity index (χ1) is 14.5. The van der Waals surface area contributed by atoms with Crippen LogP contribution in [0.1, 0.15) is 49.3 Å². The largest absolute Gasteiger partial charge is 0.351 e. The first kappa shape index (κ1) is 22.2. The highest BCUT2D eigenvalue weighted by molar-refractivity contribution is 6.27. The number of carbonyl (C=O) groups is 2. The molecule has 0 bridgehead atoms. The Balaban J connectivity index is 1.92. The number of nitrogens with one attached hydrogen (secondary N) is 1. The van der Waals surface area contributed by atoms with Gasteiger partial charge in [0.25, 0.3) is 0 Å². The molecule has 0 radical (unpaired) electrons. The highest BCUT2D eigenvalue weighted by atomic mass is 35.5. The molecule has 1 saturated carbocycles. The number of carbonyl (C=O) groups excluding carboxylic acids is 2. The summed E-state index contributed by atoms with van der Waals surface area (Å²) in [6.07, 6.45) is 5.03. The van der Waals surface area contributed by atoms with E-state index in [1.165, 1.54) is 41.3 Å². The fourth-order valence-electron chi connectivity index (χ4n) is 3.83. The second-order valence-electron chi connectivity index (χ2n) is 7.58. The SMILES string of the molecule is O=C(NC1CCCCC1)[C@@H](c1ccc(F)cc1)N(Cc1ccc(F)cc1)C(=O)CCl. The van der Waals surface area contributed by atoms with Crippen molar-refractivity contribution in [1.82, 2.24) is 10.2 Å². The number of hydrogen-bond acceptors (Lipinski definition) is 2. The van der Waals surface area contributed by atoms with Gasteiger partial charge in [-0.05, 0) is 48.2 Å². The van der Waals surface area contributed by atoms with Crippen molar-refractivity contribution >= 4 is 23.4 Å². The van der Waals surface area contributed by atoms with E-state index >= 15 is 0 Å². The monoisotopic (exact) mass is 434 g/mol. The summed E-state index contributed by atoms with van der Waals surface area (Å²) in [5, 5.41) is 3.06. The van der Waals surface area contributed by atoms with E-state index in [-0.39, 0.29) is 30.2 Å². The summed E-state index contributed by atoms with van der Waals surface area (Å²) in [5.41, 5.74) is 1.15. The highest BCUT2D eigenvalue weighted by Gasteiger charge is 2.32. The normalized spacial score (nSPS) is 15.4. The molecule has 1 fully saturated rings. The van der Waals surface area contributed by atoms with Crippen LogP contribution in [-0.4, -0.2) is 28.6 Å². The van der Waals surface area contributed by atoms with E-state index in [9.17, 15) is 18.4 Å². The summed E-state index contributed by atoms with van der Waals surface area (Å²) in [6.45, 7) is 0.0754. The van der Waals surface area contributed by atoms with Crippen molar-refractivity contribution in [3.8, 4) is 0 Å². The number of rotatable bonds is 7. The van der Waals surface area contributed by atoms with Crippen molar-refractivity contribution in [1.29, 1.82) is 0 Å². The number of halogens is 3. The van der Waals surface area contributed by atoms with Gasteiger partial charge < -0.3 is 10.2 Å². The van der Waals surface area contributed by atoms with Crippen molar-refractivity contribution in [2.45, 2.75) is 50.7 Å². The van der Waals surface area contributed by atoms with Crippen molar-refractivity contribution in [3.63, 3.8) is 0 Å². The predicted molar refractivity (Wildman–Crippen MR) is 112 cm³/mol. The van der Waals surface area contributed by atoms with Gasteiger partial charge in [0.05, 0.1) is 0 Å². The van der Waals surface area contributed by atoms with Crippen LogP contribution in [0.4, 0.5) is 8.78 Å². The Morgan fingerprint density at radius 3 is 2.10 bits per heavy atom. The Morgan fingerprint density at radius 1 is 0.967 bits per heavy atom. The van der Waals surface area contributed by atoms with Crippen LogP contribution < -0.4 is 5.32 Å². The van der Waals surface area contributed by atoms with Gasteiger partial charge in [-0.3, -0.25) is 9.59 Å². The van der Waals surface area contributed by atoms with Crippen LogP contribution in [0, 0.1) is 11.6 Å². The van der Waals surface area contributed by atoms with Gasteiger partial charge in [0, 0.05) is 12.6 Å². The van der Waals surface area contributed by atoms with Crippen LogP contribution >= 0.6 is 11.6 Å². The van der Waals surface area contributed by atoms with Crippen LogP contribution in [0.25, 0.3) is 0 Å². The van der Waals surface area contributed by atoms with E-state index < -0.39 is 17.8 Å². The molecule has 0 heterocycles. The molecule has 0 spiro atoms. The molecule has 160 valence electrons. The molecule has 7 heteroatoms. The lowest BCUT2D eigenvalue weighted by atomic mass is 9.94. The van der Waals surface area contributed by atoms with Crippen LogP contribution in [-0.2, 0) is 16.1 Å². The summed E-state index contributed by atoms with van der Waals surface area (Å²) in [4.78, 5) is 27.4. The summed E-state index contributed by atoms with van der Waals surface area (Å²) >= 11 is 5.85. The van der Waals surface area contributed by atoms with Gasteiger partial charge in [0.1, 0.15) is 23.6 Å². The molecule has 3 rings (SSSR count). The number of nitrogens with zero attached hydrogens (tertiary/aromatic N) is 1. The van der Waals surface area contributed by atoms with Crippen molar-refractivity contribution in [2.75, 3.05) is 5.88 Å². The maximum absolute atomic E-state index is 13.5. The first-order valence-electron chi connectivity index (χ1n) is 10.1. The topological polar surface area (TPSA) is 49.4 Å². The van der Waals surface area contributed by atoms with E-state index in [4.69, 9.17) is 11.6 Å². The molecule has 2 aromatic carbocycles. The van der Waals surface area contributed by atoms with Gasteiger partial charge in [0.2, 0.25) is 11.8 Å². The zero-order valence-corrected chi connectivity index (χ0v) is 17.4. The van der Waals surface area contributed by atoms with Gasteiger partial charge in [-0.15, -0.1) is 11.6 Å². The second-order valence-corrected chi connectivity index (χ2v) is 7.85. The maximum atomic E-state index is 13.5. The average Bonchev–Trinajstić information content (AvgIpc) is 2.76. The number of hydrogen-bond donors (Lipinski definition) is 1. The second kappa shape index (κ2) is 10.5. The molecule has 1 aliphatic rings. The quantitative estimate of drug-likeness (QED) is 0.641. The molecule has 1 N–H and O–H groups in total. The van der Waals surface area contributed by atoms with E-state index in [0.29, 0.717) is 11.1 Å². The Labute approximate surface area is 180 Å². The molecular formula is C23H25ClF2N2O2. The van der Waals surface area contributed by atoms with E-state index in [2.05, 4.69) is 5.32 Å². The molecule has 1 aliphatic carbocycles. The number of benzene rings is 2. The Morgan fingerprint density at radius 2 is 1.53 bits per heavy atom. The molecule has 0 saturated heterocycles. The molecule has 0 aromatic heterocycles. The van der Waals surface area contributed by atoms with Gasteiger partial charge >= 0.3 is 0 Å². The Hall–Kier alpha value is -2.47. The minimum Gasteiger partial charge on any atom is -0.351 e. The molecule has 4 nitrogen and oxygen atoms in total. The van der Waals surface area contributed by atoms with Gasteiger partial charge in [-0.1, -0.05) is 43.5 Å². The molecule has 30 heavy (non-hydrogen) atoms. The molecule has 0 unspecified atom stereocenters. The lowest BCUT2D eigenvalue weighted by Crippen LogP contribution is -2.47. The van der Waals surface area contributed by atoms with Crippen molar-refractivity contribution < 1.29 is 18.4 Å². The maximum Gasteiger partial charge on any atom is 0.247 e. The molecular weight excluding hydrogens is 410 g/mol. The molecule has 2 amide bonds. The van der Waals surface area contributed by atoms with Gasteiger partial charge in [-0.25, -0.2) is 8.78 Å². The summed E-state index contributed by atoms with van der Waals surface area (Å²) < 4.78 is 26.8. The lowest BCUT2D eigenvalue weighted by Gasteiger charge is -2.33. The van der Waals surface area contributed by atoms with Gasteiger partial charge in [0.15, 0.2) is 0 Å². The van der Waals surface area contributed by atoms with Gasteiger partial charge in [-0.2, -0.15) is 0 Å². The van der Waals surface area contributed by atoms with Crippen LogP contribution in [0.2, 0.25) is 0 Å². The third kappa shape index (κ3) is 5.79. The Bertz CT molecular complexity index is 853. The lowest BCUT2D eigenvalue weighted by molar-refractivity contribution is -0.140. The summed E-state index contributed by atoms with van der Waals surface area (Å²) in [6, 6.07) is 10.3. The third-order valence-electron chi connectivity index (χ3n) is 5.40. The smallest absolute Gasteiger partial charge is 0.247 e. The first-order valence-corrected chi connectivity index (χ1v) is 10.7. The summed E-state index contributed by atoms with van der Waals surface area (Å²) in [5.74, 6) is -1.89. The predicted octanol–water partition coefficient (Wildman–Crippen LogP) is 4.72. The van der Waals surface area contributed by atoms with Crippen LogP contribution in [0.3, 0.4) is 0 Å². The van der Waals surface area contributed by atoms with E-state index in [1.807, 2.05) is 0 Å². The Kier molecular flexibility index (Phi) is 7.80. The van der Waals surface area contributed by atoms with Crippen molar-refractivity contribution in [2.24, 2.45) is 0 Å². The third-order valence-corrected chi connectivity index (χ3v) is 5.63. The van der Waals surface area contributed by atoms with Crippen LogP contribution in [0.5, 0.6) is 0 Å². The molecule has 0 aliphatic heterocycles. The minimum atomic E-state index is -0.969. The number of amides is 2. The fourth-order valence-corrected chi connectivity index (χ4v) is 3.99. The fraction of sp³-hybridized carbons (Fsp3) is 0.391. The average molecular weight is 435 g/mol. The van der Waals surface area contributed by atoms with E-state index in [0.717, 1.165) is 32.1 Å². The van der Waals surface area contributed by atoms with E-state index in [1.54, 1.807) is 12.1 Å². The molecule has 1 atom stereocenters. The minimum absolute atomic E-state index is 0.0490. The van der Waals surface area contributed by atoms with Crippen LogP contribution in [0.15, 0.2) is 48.5 Å². The van der Waals surface area contributed by atoms with Crippen molar-refractivity contribution in [3.05, 3.63) is 71.3 Å². The zero-order valence-electron chi connectivity index (χ0n) is 16.6. The summed E-state index contributed by atoms with van der Waals surface area (Å²) in [7, 11) is 0. The zero-order chi connectivity index (χ0) is 21.5. The number of alkyl halides is 1.